The predicted molar refractivity (Wildman–Crippen MR) is 73.5 cm³/mol. The zero-order chi connectivity index (χ0) is 13.3. The minimum atomic E-state index is -0.410. The zero-order valence-electron chi connectivity index (χ0n) is 11.2. The fraction of sp³-hybridized carbons (Fsp3) is 0.571. The van der Waals surface area contributed by atoms with Crippen LogP contribution in [0.15, 0.2) is 18.2 Å². The first kappa shape index (κ1) is 12.6. The molecule has 5 heteroatoms. The summed E-state index contributed by atoms with van der Waals surface area (Å²) in [7, 11) is 1.64. The van der Waals surface area contributed by atoms with Crippen molar-refractivity contribution in [2.45, 2.75) is 18.6 Å². The number of ether oxygens (including phenoxy) is 3. The highest BCUT2D eigenvalue weighted by atomic mass is 16.7. The van der Waals surface area contributed by atoms with Crippen LogP contribution in [0.4, 0.5) is 11.4 Å². The fourth-order valence-electron chi connectivity index (χ4n) is 2.84. The molecule has 2 fully saturated rings. The fourth-order valence-corrected chi connectivity index (χ4v) is 2.84. The molecule has 0 amide bonds. The van der Waals surface area contributed by atoms with Gasteiger partial charge in [0.2, 0.25) is 0 Å². The first-order valence-corrected chi connectivity index (χ1v) is 6.69. The van der Waals surface area contributed by atoms with Crippen molar-refractivity contribution in [2.24, 2.45) is 0 Å². The molecule has 2 aliphatic rings. The van der Waals surface area contributed by atoms with E-state index in [0.29, 0.717) is 24.7 Å². The van der Waals surface area contributed by atoms with Gasteiger partial charge in [0.1, 0.15) is 5.75 Å². The van der Waals surface area contributed by atoms with Crippen LogP contribution in [0, 0.1) is 0 Å². The van der Waals surface area contributed by atoms with Crippen molar-refractivity contribution in [1.82, 2.24) is 0 Å². The van der Waals surface area contributed by atoms with E-state index in [1.165, 1.54) is 0 Å². The average molecular weight is 264 g/mol. The highest BCUT2D eigenvalue weighted by Crippen LogP contribution is 2.34. The molecule has 0 radical (unpaired) electrons. The SMILES string of the molecule is COc1cc(N2CCCC3(C2)OCCO3)ccc1N. The quantitative estimate of drug-likeness (QED) is 0.823. The number of rotatable bonds is 2. The molecular weight excluding hydrogens is 244 g/mol. The van der Waals surface area contributed by atoms with Gasteiger partial charge in [0.15, 0.2) is 5.79 Å². The van der Waals surface area contributed by atoms with Crippen LogP contribution in [0.1, 0.15) is 12.8 Å². The molecule has 5 nitrogen and oxygen atoms in total. The van der Waals surface area contributed by atoms with E-state index >= 15 is 0 Å². The Bertz CT molecular complexity index is 458. The highest BCUT2D eigenvalue weighted by Gasteiger charge is 2.40. The van der Waals surface area contributed by atoms with Crippen molar-refractivity contribution in [1.29, 1.82) is 0 Å². The molecular formula is C14H20N2O3. The minimum absolute atomic E-state index is 0.410. The van der Waals surface area contributed by atoms with Crippen LogP contribution in [-0.4, -0.2) is 39.2 Å². The van der Waals surface area contributed by atoms with Crippen LogP contribution in [0.5, 0.6) is 5.75 Å². The molecule has 0 bridgehead atoms. The Kier molecular flexibility index (Phi) is 3.24. The summed E-state index contributed by atoms with van der Waals surface area (Å²) in [6.07, 6.45) is 2.03. The maximum Gasteiger partial charge on any atom is 0.186 e. The molecule has 19 heavy (non-hydrogen) atoms. The van der Waals surface area contributed by atoms with Gasteiger partial charge in [-0.1, -0.05) is 0 Å². The highest BCUT2D eigenvalue weighted by molar-refractivity contribution is 5.62. The zero-order valence-corrected chi connectivity index (χ0v) is 11.2. The molecule has 2 heterocycles. The smallest absolute Gasteiger partial charge is 0.186 e. The Morgan fingerprint density at radius 1 is 1.32 bits per heavy atom. The first-order chi connectivity index (χ1) is 9.22. The molecule has 0 saturated carbocycles. The minimum Gasteiger partial charge on any atom is -0.495 e. The maximum absolute atomic E-state index is 5.85. The van der Waals surface area contributed by atoms with E-state index in [1.807, 2.05) is 18.2 Å². The number of benzene rings is 1. The number of nitrogens with zero attached hydrogens (tertiary/aromatic N) is 1. The molecule has 0 unspecified atom stereocenters. The van der Waals surface area contributed by atoms with E-state index in [0.717, 1.165) is 31.6 Å². The lowest BCUT2D eigenvalue weighted by Crippen LogP contribution is -2.49. The van der Waals surface area contributed by atoms with Crippen LogP contribution in [-0.2, 0) is 9.47 Å². The summed E-state index contributed by atoms with van der Waals surface area (Å²) < 4.78 is 16.9. The standard InChI is InChI=1S/C14H20N2O3/c1-17-13-9-11(3-4-12(13)15)16-6-2-5-14(10-16)18-7-8-19-14/h3-4,9H,2,5-8,10,15H2,1H3. The summed E-state index contributed by atoms with van der Waals surface area (Å²) in [6.45, 7) is 3.15. The van der Waals surface area contributed by atoms with Crippen molar-refractivity contribution < 1.29 is 14.2 Å². The molecule has 0 aromatic heterocycles. The van der Waals surface area contributed by atoms with Gasteiger partial charge in [0, 0.05) is 24.7 Å². The monoisotopic (exact) mass is 264 g/mol. The lowest BCUT2D eigenvalue weighted by Gasteiger charge is -2.39. The number of hydrogen-bond acceptors (Lipinski definition) is 5. The van der Waals surface area contributed by atoms with Gasteiger partial charge in [-0.15, -0.1) is 0 Å². The number of nitrogen functional groups attached to an aromatic ring is 1. The molecule has 104 valence electrons. The summed E-state index contributed by atoms with van der Waals surface area (Å²) in [4.78, 5) is 2.27. The normalized spacial score (nSPS) is 21.8. The third-order valence-electron chi connectivity index (χ3n) is 3.81. The van der Waals surface area contributed by atoms with Gasteiger partial charge in [-0.05, 0) is 18.6 Å². The largest absolute Gasteiger partial charge is 0.495 e. The van der Waals surface area contributed by atoms with Crippen molar-refractivity contribution >= 4 is 11.4 Å². The van der Waals surface area contributed by atoms with E-state index < -0.39 is 5.79 Å². The van der Waals surface area contributed by atoms with E-state index in [4.69, 9.17) is 19.9 Å². The third kappa shape index (κ3) is 2.35. The van der Waals surface area contributed by atoms with Crippen LogP contribution in [0.2, 0.25) is 0 Å². The predicted octanol–water partition coefficient (Wildman–Crippen LogP) is 1.62. The van der Waals surface area contributed by atoms with E-state index in [2.05, 4.69) is 4.90 Å². The maximum atomic E-state index is 5.85. The van der Waals surface area contributed by atoms with Crippen LogP contribution >= 0.6 is 0 Å². The number of hydrogen-bond donors (Lipinski definition) is 1. The molecule has 1 spiro atoms. The second-order valence-corrected chi connectivity index (χ2v) is 5.06. The second-order valence-electron chi connectivity index (χ2n) is 5.06. The summed E-state index contributed by atoms with van der Waals surface area (Å²) in [6, 6.07) is 5.88. The van der Waals surface area contributed by atoms with Gasteiger partial charge in [-0.25, -0.2) is 0 Å². The molecule has 1 aromatic carbocycles. The van der Waals surface area contributed by atoms with Gasteiger partial charge >= 0.3 is 0 Å². The van der Waals surface area contributed by atoms with Gasteiger partial charge < -0.3 is 24.8 Å². The van der Waals surface area contributed by atoms with Crippen molar-refractivity contribution in [3.8, 4) is 5.75 Å². The number of methoxy groups -OCH3 is 1. The number of anilines is 2. The molecule has 2 saturated heterocycles. The van der Waals surface area contributed by atoms with Crippen LogP contribution in [0.3, 0.4) is 0 Å². The van der Waals surface area contributed by atoms with Gasteiger partial charge in [-0.2, -0.15) is 0 Å². The van der Waals surface area contributed by atoms with E-state index in [9.17, 15) is 0 Å². The lowest BCUT2D eigenvalue weighted by atomic mass is 10.0. The summed E-state index contributed by atoms with van der Waals surface area (Å²) in [5.74, 6) is 0.303. The van der Waals surface area contributed by atoms with Crippen LogP contribution < -0.4 is 15.4 Å². The number of piperidine rings is 1. The van der Waals surface area contributed by atoms with Crippen molar-refractivity contribution in [3.63, 3.8) is 0 Å². The molecule has 0 atom stereocenters. The molecule has 0 aliphatic carbocycles. The molecule has 3 rings (SSSR count). The first-order valence-electron chi connectivity index (χ1n) is 6.69. The summed E-state index contributed by atoms with van der Waals surface area (Å²) >= 11 is 0. The Balaban J connectivity index is 1.81. The van der Waals surface area contributed by atoms with Gasteiger partial charge in [-0.3, -0.25) is 0 Å². The summed E-state index contributed by atoms with van der Waals surface area (Å²) in [5, 5.41) is 0. The Morgan fingerprint density at radius 2 is 2.11 bits per heavy atom. The second kappa shape index (κ2) is 4.90. The third-order valence-corrected chi connectivity index (χ3v) is 3.81. The Morgan fingerprint density at radius 3 is 2.84 bits per heavy atom. The van der Waals surface area contributed by atoms with Gasteiger partial charge in [0.05, 0.1) is 32.6 Å². The van der Waals surface area contributed by atoms with Gasteiger partial charge in [0.25, 0.3) is 0 Å². The topological polar surface area (TPSA) is 57.0 Å². The van der Waals surface area contributed by atoms with E-state index in [-0.39, 0.29) is 0 Å². The van der Waals surface area contributed by atoms with Crippen molar-refractivity contribution in [3.05, 3.63) is 18.2 Å². The molecule has 2 N–H and O–H groups in total. The van der Waals surface area contributed by atoms with Crippen molar-refractivity contribution in [2.75, 3.05) is 44.0 Å². The summed E-state index contributed by atoms with van der Waals surface area (Å²) in [5.41, 5.74) is 7.61. The van der Waals surface area contributed by atoms with E-state index in [1.54, 1.807) is 7.11 Å². The average Bonchev–Trinajstić information content (AvgIpc) is 2.87. The molecule has 1 aromatic rings. The Hall–Kier alpha value is -1.46. The Labute approximate surface area is 113 Å². The molecule has 2 aliphatic heterocycles. The lowest BCUT2D eigenvalue weighted by molar-refractivity contribution is -0.161. The van der Waals surface area contributed by atoms with Crippen LogP contribution in [0.25, 0.3) is 0 Å². The number of nitrogens with two attached hydrogens (primary N) is 1.